The summed E-state index contributed by atoms with van der Waals surface area (Å²) in [5.41, 5.74) is 0.913. The second-order valence-corrected chi connectivity index (χ2v) is 7.12. The summed E-state index contributed by atoms with van der Waals surface area (Å²) in [4.78, 5) is 23.0. The van der Waals surface area contributed by atoms with Crippen molar-refractivity contribution in [1.82, 2.24) is 24.5 Å². The van der Waals surface area contributed by atoms with Crippen molar-refractivity contribution in [2.75, 3.05) is 13.1 Å². The molecule has 0 bridgehead atoms. The summed E-state index contributed by atoms with van der Waals surface area (Å²) in [6, 6.07) is 10.5. The number of hydrogen-bond acceptors (Lipinski definition) is 5. The largest absolute Gasteiger partial charge is 0.451 e. The molecule has 148 valence electrons. The highest BCUT2D eigenvalue weighted by Crippen LogP contribution is 2.30. The number of benzene rings is 1. The lowest BCUT2D eigenvalue weighted by Gasteiger charge is -2.32. The van der Waals surface area contributed by atoms with Crippen LogP contribution in [0.1, 0.15) is 47.1 Å². The van der Waals surface area contributed by atoms with E-state index in [2.05, 4.69) is 15.1 Å². The van der Waals surface area contributed by atoms with Gasteiger partial charge in [-0.2, -0.15) is 14.6 Å². The van der Waals surface area contributed by atoms with Crippen LogP contribution in [0, 0.1) is 0 Å². The number of para-hydroxylation sites is 1. The molecule has 0 unspecified atom stereocenters. The number of halogens is 2. The number of alkyl halides is 2. The zero-order valence-electron chi connectivity index (χ0n) is 15.3. The van der Waals surface area contributed by atoms with Crippen molar-refractivity contribution in [3.8, 4) is 0 Å². The Morgan fingerprint density at radius 3 is 2.93 bits per heavy atom. The van der Waals surface area contributed by atoms with Gasteiger partial charge in [-0.25, -0.2) is 13.8 Å². The van der Waals surface area contributed by atoms with Gasteiger partial charge in [0.05, 0.1) is 5.69 Å². The molecule has 1 amide bonds. The maximum Gasteiger partial charge on any atom is 0.289 e. The zero-order valence-corrected chi connectivity index (χ0v) is 15.3. The highest BCUT2D eigenvalue weighted by molar-refractivity contribution is 5.96. The maximum absolute atomic E-state index is 13.5. The number of fused-ring (bicyclic) bond motifs is 2. The average Bonchev–Trinajstić information content (AvgIpc) is 3.39. The summed E-state index contributed by atoms with van der Waals surface area (Å²) in [6.45, 7) is 0.969. The van der Waals surface area contributed by atoms with Crippen LogP contribution in [0.25, 0.3) is 16.7 Å². The number of nitrogens with zero attached hydrogens (tertiary/aromatic N) is 5. The molecule has 0 aliphatic carbocycles. The van der Waals surface area contributed by atoms with Crippen LogP contribution in [-0.2, 0) is 0 Å². The summed E-state index contributed by atoms with van der Waals surface area (Å²) < 4.78 is 33.7. The molecule has 1 saturated heterocycles. The van der Waals surface area contributed by atoms with Crippen molar-refractivity contribution < 1.29 is 18.0 Å². The second-order valence-electron chi connectivity index (χ2n) is 7.12. The Balaban J connectivity index is 1.43. The molecule has 1 aromatic carbocycles. The number of hydrogen-bond donors (Lipinski definition) is 0. The van der Waals surface area contributed by atoms with Gasteiger partial charge in [0.15, 0.2) is 5.76 Å². The minimum atomic E-state index is -2.70. The smallest absolute Gasteiger partial charge is 0.289 e. The first-order chi connectivity index (χ1) is 14.1. The van der Waals surface area contributed by atoms with E-state index in [0.29, 0.717) is 24.4 Å². The Kier molecular flexibility index (Phi) is 4.22. The Bertz CT molecular complexity index is 1170. The van der Waals surface area contributed by atoms with Gasteiger partial charge in [-0.1, -0.05) is 18.2 Å². The van der Waals surface area contributed by atoms with Crippen molar-refractivity contribution in [1.29, 1.82) is 0 Å². The van der Waals surface area contributed by atoms with Crippen LogP contribution in [0.4, 0.5) is 8.78 Å². The molecule has 0 saturated carbocycles. The van der Waals surface area contributed by atoms with Crippen LogP contribution in [-0.4, -0.2) is 43.5 Å². The van der Waals surface area contributed by atoms with Crippen LogP contribution < -0.4 is 0 Å². The molecule has 1 fully saturated rings. The van der Waals surface area contributed by atoms with Crippen molar-refractivity contribution in [3.05, 3.63) is 59.9 Å². The van der Waals surface area contributed by atoms with Gasteiger partial charge < -0.3 is 9.32 Å². The number of piperidine rings is 1. The predicted octanol–water partition coefficient (Wildman–Crippen LogP) is 3.83. The van der Waals surface area contributed by atoms with Crippen molar-refractivity contribution in [2.24, 2.45) is 0 Å². The van der Waals surface area contributed by atoms with Crippen molar-refractivity contribution in [3.63, 3.8) is 0 Å². The Hall–Kier alpha value is -3.36. The van der Waals surface area contributed by atoms with Crippen LogP contribution in [0.15, 0.2) is 47.1 Å². The lowest BCUT2D eigenvalue weighted by Crippen LogP contribution is -2.39. The van der Waals surface area contributed by atoms with E-state index in [-0.39, 0.29) is 29.1 Å². The highest BCUT2D eigenvalue weighted by Gasteiger charge is 2.29. The van der Waals surface area contributed by atoms with E-state index in [1.165, 1.54) is 12.4 Å². The number of carbonyl (C=O) groups is 1. The fourth-order valence-corrected chi connectivity index (χ4v) is 3.86. The van der Waals surface area contributed by atoms with Crippen molar-refractivity contribution >= 4 is 22.7 Å². The number of carbonyl (C=O) groups excluding carboxylic acids is 1. The van der Waals surface area contributed by atoms with E-state index >= 15 is 0 Å². The van der Waals surface area contributed by atoms with Crippen LogP contribution in [0.2, 0.25) is 0 Å². The van der Waals surface area contributed by atoms with E-state index in [1.54, 1.807) is 11.0 Å². The van der Waals surface area contributed by atoms with Gasteiger partial charge in [0, 0.05) is 24.4 Å². The third-order valence-corrected chi connectivity index (χ3v) is 5.29. The number of rotatable bonds is 3. The average molecular weight is 397 g/mol. The SMILES string of the molecule is O=C(c1cc2ccccc2o1)N1CCC[C@H](c2cc(C(F)F)n3ncnc3n2)C1. The Morgan fingerprint density at radius 2 is 2.10 bits per heavy atom. The molecule has 4 heterocycles. The van der Waals surface area contributed by atoms with Gasteiger partial charge in [-0.05, 0) is 31.0 Å². The van der Waals surface area contributed by atoms with Gasteiger partial charge >= 0.3 is 0 Å². The molecule has 7 nitrogen and oxygen atoms in total. The van der Waals surface area contributed by atoms with Gasteiger partial charge in [-0.15, -0.1) is 0 Å². The highest BCUT2D eigenvalue weighted by atomic mass is 19.3. The first-order valence-electron chi connectivity index (χ1n) is 9.37. The van der Waals surface area contributed by atoms with Gasteiger partial charge in [-0.3, -0.25) is 4.79 Å². The molecular formula is C20H17F2N5O2. The predicted molar refractivity (Wildman–Crippen MR) is 99.8 cm³/mol. The lowest BCUT2D eigenvalue weighted by atomic mass is 9.94. The normalized spacial score (nSPS) is 17.5. The standard InChI is InChI=1S/C20H17F2N5O2/c21-18(22)15-9-14(25-20-23-11-24-27(15)20)13-5-3-7-26(10-13)19(28)17-8-12-4-1-2-6-16(12)29-17/h1-2,4,6,8-9,11,13,18H,3,5,7,10H2/t13-/m0/s1. The Labute approximate surface area is 164 Å². The second kappa shape index (κ2) is 6.91. The molecule has 0 spiro atoms. The van der Waals surface area contributed by atoms with E-state index in [4.69, 9.17) is 4.42 Å². The summed E-state index contributed by atoms with van der Waals surface area (Å²) >= 11 is 0. The van der Waals surface area contributed by atoms with E-state index in [1.807, 2.05) is 24.3 Å². The van der Waals surface area contributed by atoms with Crippen LogP contribution in [0.3, 0.4) is 0 Å². The number of aromatic nitrogens is 4. The molecule has 0 N–H and O–H groups in total. The molecule has 4 aromatic rings. The third-order valence-electron chi connectivity index (χ3n) is 5.29. The molecule has 1 aliphatic heterocycles. The van der Waals surface area contributed by atoms with Crippen LogP contribution in [0.5, 0.6) is 0 Å². The molecular weight excluding hydrogens is 380 g/mol. The lowest BCUT2D eigenvalue weighted by molar-refractivity contribution is 0.0675. The van der Waals surface area contributed by atoms with Crippen LogP contribution >= 0.6 is 0 Å². The van der Waals surface area contributed by atoms with Gasteiger partial charge in [0.2, 0.25) is 0 Å². The molecule has 3 aromatic heterocycles. The number of amides is 1. The monoisotopic (exact) mass is 397 g/mol. The van der Waals surface area contributed by atoms with E-state index in [0.717, 1.165) is 22.7 Å². The first kappa shape index (κ1) is 17.7. The third kappa shape index (κ3) is 3.12. The summed E-state index contributed by atoms with van der Waals surface area (Å²) in [5, 5.41) is 4.68. The molecule has 29 heavy (non-hydrogen) atoms. The zero-order chi connectivity index (χ0) is 20.0. The fourth-order valence-electron chi connectivity index (χ4n) is 3.86. The van der Waals surface area contributed by atoms with Gasteiger partial charge in [0.1, 0.15) is 17.6 Å². The first-order valence-corrected chi connectivity index (χ1v) is 9.37. The van der Waals surface area contributed by atoms with E-state index in [9.17, 15) is 13.6 Å². The summed E-state index contributed by atoms with van der Waals surface area (Å²) in [7, 11) is 0. The maximum atomic E-state index is 13.5. The minimum Gasteiger partial charge on any atom is -0.451 e. The minimum absolute atomic E-state index is 0.138. The molecule has 5 rings (SSSR count). The quantitative estimate of drug-likeness (QED) is 0.525. The molecule has 1 atom stereocenters. The number of likely N-dealkylation sites (tertiary alicyclic amines) is 1. The molecule has 9 heteroatoms. The molecule has 1 aliphatic rings. The molecule has 0 radical (unpaired) electrons. The topological polar surface area (TPSA) is 76.5 Å². The Morgan fingerprint density at radius 1 is 1.24 bits per heavy atom. The van der Waals surface area contributed by atoms with Crippen molar-refractivity contribution in [2.45, 2.75) is 25.2 Å². The van der Waals surface area contributed by atoms with E-state index < -0.39 is 6.43 Å². The fraction of sp³-hybridized carbons (Fsp3) is 0.300. The summed E-state index contributed by atoms with van der Waals surface area (Å²) in [5.74, 6) is 0.0549. The summed E-state index contributed by atoms with van der Waals surface area (Å²) in [6.07, 6.45) is 0.0122. The number of furan rings is 1. The van der Waals surface area contributed by atoms with Gasteiger partial charge in [0.25, 0.3) is 18.1 Å².